The highest BCUT2D eigenvalue weighted by atomic mass is 32.1. The molecule has 0 saturated heterocycles. The Bertz CT molecular complexity index is 1410. The largest absolute Gasteiger partial charge is 0.340 e. The van der Waals surface area contributed by atoms with Crippen LogP contribution in [0.4, 0.5) is 15.2 Å². The first-order valence-electron chi connectivity index (χ1n) is 10.8. The van der Waals surface area contributed by atoms with Gasteiger partial charge in [0.1, 0.15) is 16.9 Å². The molecule has 0 fully saturated rings. The van der Waals surface area contributed by atoms with E-state index in [1.807, 2.05) is 30.3 Å². The molecule has 0 bridgehead atoms. The number of nitrogens with one attached hydrogen (secondary N) is 2. The summed E-state index contributed by atoms with van der Waals surface area (Å²) in [4.78, 5) is 36.8. The van der Waals surface area contributed by atoms with Crippen LogP contribution in [-0.2, 0) is 11.2 Å². The summed E-state index contributed by atoms with van der Waals surface area (Å²) < 4.78 is 13.2. The maximum atomic E-state index is 13.2. The number of carbonyl (C=O) groups is 2. The summed E-state index contributed by atoms with van der Waals surface area (Å²) in [5, 5.41) is 25.3. The molecule has 182 valence electrons. The zero-order valence-electron chi connectivity index (χ0n) is 19.0. The molecule has 0 saturated carbocycles. The van der Waals surface area contributed by atoms with Gasteiger partial charge in [0.15, 0.2) is 0 Å². The van der Waals surface area contributed by atoms with E-state index in [1.165, 1.54) is 30.3 Å². The monoisotopic (exact) mass is 505 g/mol. The molecule has 0 aliphatic heterocycles. The van der Waals surface area contributed by atoms with Gasteiger partial charge in [0.25, 0.3) is 11.6 Å². The summed E-state index contributed by atoms with van der Waals surface area (Å²) in [6.07, 6.45) is 0.177. The Hall–Kier alpha value is -4.51. The maximum Gasteiger partial charge on any atom is 0.273 e. The molecular formula is C25H20FN5O4S. The number of benzene rings is 3. The molecule has 2 N–H and O–H groups in total. The molecule has 1 heterocycles. The summed E-state index contributed by atoms with van der Waals surface area (Å²) in [5.74, 6) is -1.54. The van der Waals surface area contributed by atoms with Crippen LogP contribution in [0, 0.1) is 22.9 Å². The number of halogens is 1. The fourth-order valence-electron chi connectivity index (χ4n) is 3.42. The number of nitrogens with zero attached hydrogens (tertiary/aromatic N) is 3. The lowest BCUT2D eigenvalue weighted by Crippen LogP contribution is -2.45. The van der Waals surface area contributed by atoms with Crippen molar-refractivity contribution in [2.75, 3.05) is 5.32 Å². The number of aromatic nitrogens is 2. The van der Waals surface area contributed by atoms with Crippen LogP contribution in [0.5, 0.6) is 0 Å². The van der Waals surface area contributed by atoms with Crippen molar-refractivity contribution in [1.82, 2.24) is 15.5 Å². The normalized spacial score (nSPS) is 11.5. The van der Waals surface area contributed by atoms with Crippen LogP contribution in [-0.4, -0.2) is 33.0 Å². The minimum atomic E-state index is -1.00. The van der Waals surface area contributed by atoms with Crippen LogP contribution in [0.2, 0.25) is 0 Å². The van der Waals surface area contributed by atoms with Crippen LogP contribution >= 0.6 is 11.3 Å². The summed E-state index contributed by atoms with van der Waals surface area (Å²) in [6, 6.07) is 18.0. The Morgan fingerprint density at radius 3 is 2.47 bits per heavy atom. The van der Waals surface area contributed by atoms with E-state index in [0.29, 0.717) is 16.1 Å². The topological polar surface area (TPSA) is 127 Å². The van der Waals surface area contributed by atoms with E-state index in [4.69, 9.17) is 0 Å². The molecule has 1 atom stereocenters. The second kappa shape index (κ2) is 10.8. The van der Waals surface area contributed by atoms with Gasteiger partial charge in [-0.3, -0.25) is 25.0 Å². The molecule has 0 spiro atoms. The van der Waals surface area contributed by atoms with Gasteiger partial charge in [-0.1, -0.05) is 47.7 Å². The lowest BCUT2D eigenvalue weighted by Gasteiger charge is -2.18. The van der Waals surface area contributed by atoms with Crippen molar-refractivity contribution >= 4 is 34.0 Å². The van der Waals surface area contributed by atoms with E-state index in [9.17, 15) is 24.1 Å². The van der Waals surface area contributed by atoms with Crippen molar-refractivity contribution in [1.29, 1.82) is 0 Å². The van der Waals surface area contributed by atoms with Gasteiger partial charge >= 0.3 is 0 Å². The Morgan fingerprint density at radius 2 is 1.78 bits per heavy atom. The molecule has 0 aliphatic carbocycles. The van der Waals surface area contributed by atoms with E-state index in [2.05, 4.69) is 20.8 Å². The second-order valence-corrected chi connectivity index (χ2v) is 8.86. The fourth-order valence-corrected chi connectivity index (χ4v) is 4.18. The molecule has 0 aliphatic rings. The summed E-state index contributed by atoms with van der Waals surface area (Å²) in [5.41, 5.74) is 1.74. The third kappa shape index (κ3) is 5.94. The molecule has 4 rings (SSSR count). The lowest BCUT2D eigenvalue weighted by molar-refractivity contribution is -0.385. The quantitative estimate of drug-likeness (QED) is 0.267. The van der Waals surface area contributed by atoms with Crippen molar-refractivity contribution in [3.8, 4) is 10.6 Å². The number of hydrogen-bond donors (Lipinski definition) is 2. The zero-order valence-corrected chi connectivity index (χ0v) is 19.8. The zero-order chi connectivity index (χ0) is 25.7. The Balaban J connectivity index is 1.54. The summed E-state index contributed by atoms with van der Waals surface area (Å²) in [7, 11) is 0. The standard InChI is InChI=1S/C25H20FN5O4S/c1-15-7-8-18(14-21(15)31(34)35)22(32)27-20(13-16-5-3-2-4-6-16)23(33)28-25-30-29-24(36-25)17-9-11-19(26)12-10-17/h2-12,14,20H,13H2,1H3,(H,27,32)(H,28,30,33)/t20-/m1/s1. The Morgan fingerprint density at radius 1 is 1.06 bits per heavy atom. The summed E-state index contributed by atoms with van der Waals surface area (Å²) in [6.45, 7) is 1.58. The average Bonchev–Trinajstić information content (AvgIpc) is 3.33. The molecule has 4 aromatic rings. The van der Waals surface area contributed by atoms with Gasteiger partial charge in [0.05, 0.1) is 4.92 Å². The minimum absolute atomic E-state index is 0.0627. The highest BCUT2D eigenvalue weighted by Crippen LogP contribution is 2.26. The van der Waals surface area contributed by atoms with E-state index in [1.54, 1.807) is 19.1 Å². The van der Waals surface area contributed by atoms with Crippen molar-refractivity contribution in [2.24, 2.45) is 0 Å². The number of nitro groups is 1. The highest BCUT2D eigenvalue weighted by molar-refractivity contribution is 7.18. The predicted molar refractivity (Wildman–Crippen MR) is 133 cm³/mol. The van der Waals surface area contributed by atoms with Gasteiger partial charge in [0, 0.05) is 29.2 Å². The molecular weight excluding hydrogens is 485 g/mol. The van der Waals surface area contributed by atoms with Gasteiger partial charge in [-0.25, -0.2) is 4.39 Å². The van der Waals surface area contributed by atoms with Gasteiger partial charge in [-0.15, -0.1) is 10.2 Å². The fraction of sp³-hybridized carbons (Fsp3) is 0.120. The second-order valence-electron chi connectivity index (χ2n) is 7.88. The predicted octanol–water partition coefficient (Wildman–Crippen LogP) is 4.54. The molecule has 2 amide bonds. The number of amides is 2. The van der Waals surface area contributed by atoms with Crippen LogP contribution in [0.25, 0.3) is 10.6 Å². The number of carbonyl (C=O) groups excluding carboxylic acids is 2. The molecule has 1 aromatic heterocycles. The number of rotatable bonds is 8. The van der Waals surface area contributed by atoms with Gasteiger partial charge in [-0.05, 0) is 42.8 Å². The van der Waals surface area contributed by atoms with E-state index >= 15 is 0 Å². The highest BCUT2D eigenvalue weighted by Gasteiger charge is 2.24. The molecule has 0 radical (unpaired) electrons. The molecule has 36 heavy (non-hydrogen) atoms. The average molecular weight is 506 g/mol. The van der Waals surface area contributed by atoms with E-state index < -0.39 is 22.8 Å². The molecule has 3 aromatic carbocycles. The van der Waals surface area contributed by atoms with Gasteiger partial charge in [0.2, 0.25) is 11.0 Å². The van der Waals surface area contributed by atoms with Gasteiger partial charge < -0.3 is 5.32 Å². The Kier molecular flexibility index (Phi) is 7.40. The van der Waals surface area contributed by atoms with Gasteiger partial charge in [-0.2, -0.15) is 0 Å². The molecule has 11 heteroatoms. The Labute approximate surface area is 209 Å². The maximum absolute atomic E-state index is 13.2. The molecule has 0 unspecified atom stereocenters. The van der Waals surface area contributed by atoms with E-state index in [0.717, 1.165) is 16.9 Å². The number of hydrogen-bond acceptors (Lipinski definition) is 7. The first kappa shape index (κ1) is 24.6. The minimum Gasteiger partial charge on any atom is -0.340 e. The first-order valence-corrected chi connectivity index (χ1v) is 11.6. The van der Waals surface area contributed by atoms with Crippen LogP contribution in [0.3, 0.4) is 0 Å². The van der Waals surface area contributed by atoms with Crippen LogP contribution in [0.15, 0.2) is 72.8 Å². The lowest BCUT2D eigenvalue weighted by atomic mass is 10.0. The van der Waals surface area contributed by atoms with Crippen molar-refractivity contribution in [3.05, 3.63) is 105 Å². The number of anilines is 1. The van der Waals surface area contributed by atoms with Crippen LogP contribution < -0.4 is 10.6 Å². The smallest absolute Gasteiger partial charge is 0.273 e. The number of nitro benzene ring substituents is 1. The van der Waals surface area contributed by atoms with E-state index in [-0.39, 0.29) is 28.6 Å². The number of aryl methyl sites for hydroxylation is 1. The molecule has 9 nitrogen and oxygen atoms in total. The summed E-state index contributed by atoms with van der Waals surface area (Å²) >= 11 is 1.10. The van der Waals surface area contributed by atoms with Crippen molar-refractivity contribution < 1.29 is 18.9 Å². The first-order chi connectivity index (χ1) is 17.3. The third-order valence-electron chi connectivity index (χ3n) is 5.32. The van der Waals surface area contributed by atoms with Crippen LogP contribution in [0.1, 0.15) is 21.5 Å². The third-order valence-corrected chi connectivity index (χ3v) is 6.21. The van der Waals surface area contributed by atoms with Crippen molar-refractivity contribution in [2.45, 2.75) is 19.4 Å². The SMILES string of the molecule is Cc1ccc(C(=O)N[C@H](Cc2ccccc2)C(=O)Nc2nnc(-c3ccc(F)cc3)s2)cc1[N+](=O)[O-]. The van der Waals surface area contributed by atoms with Crippen molar-refractivity contribution in [3.63, 3.8) is 0 Å².